The minimum Gasteiger partial charge on any atom is -0.372 e. The largest absolute Gasteiger partial charge is 0.372 e. The fraction of sp³-hybridized carbons (Fsp3) is 0.364. The van der Waals surface area contributed by atoms with Crippen LogP contribution in [0.2, 0.25) is 10.0 Å². The minimum absolute atomic E-state index is 0.464. The van der Waals surface area contributed by atoms with E-state index in [2.05, 4.69) is 25.8 Å². The molecule has 0 atom stereocenters. The van der Waals surface area contributed by atoms with E-state index in [1.54, 1.807) is 20.0 Å². The Labute approximate surface area is 120 Å². The molecule has 2 heterocycles. The maximum atomic E-state index is 6.06. The first-order valence-corrected chi connectivity index (χ1v) is 6.42. The summed E-state index contributed by atoms with van der Waals surface area (Å²) in [6.45, 7) is 2.36. The van der Waals surface area contributed by atoms with Crippen molar-refractivity contribution in [2.45, 2.75) is 13.3 Å². The van der Waals surface area contributed by atoms with E-state index in [1.165, 1.54) is 0 Å². The average molecular weight is 302 g/mol. The number of nitrogens with one attached hydrogen (secondary N) is 2. The van der Waals surface area contributed by atoms with Crippen LogP contribution in [-0.2, 0) is 6.42 Å². The molecule has 0 saturated carbocycles. The highest BCUT2D eigenvalue weighted by Crippen LogP contribution is 2.28. The van der Waals surface area contributed by atoms with E-state index in [4.69, 9.17) is 27.7 Å². The van der Waals surface area contributed by atoms with Crippen LogP contribution < -0.4 is 10.6 Å². The van der Waals surface area contributed by atoms with Gasteiger partial charge in [0.25, 0.3) is 0 Å². The lowest BCUT2D eigenvalue weighted by Crippen LogP contribution is -2.08. The van der Waals surface area contributed by atoms with Crippen LogP contribution in [0.15, 0.2) is 10.6 Å². The van der Waals surface area contributed by atoms with Gasteiger partial charge >= 0.3 is 0 Å². The Kier molecular flexibility index (Phi) is 4.44. The monoisotopic (exact) mass is 301 g/mol. The molecule has 19 heavy (non-hydrogen) atoms. The maximum Gasteiger partial charge on any atom is 0.228 e. The van der Waals surface area contributed by atoms with Crippen molar-refractivity contribution in [3.8, 4) is 0 Å². The lowest BCUT2D eigenvalue weighted by atomic mass is 10.4. The lowest BCUT2D eigenvalue weighted by Gasteiger charge is -2.09. The number of hydrogen-bond acceptors (Lipinski definition) is 6. The average Bonchev–Trinajstić information content (AvgIpc) is 2.78. The fourth-order valence-corrected chi connectivity index (χ4v) is 2.02. The van der Waals surface area contributed by atoms with Crippen LogP contribution in [0.25, 0.3) is 0 Å². The van der Waals surface area contributed by atoms with E-state index in [1.807, 2.05) is 0 Å². The van der Waals surface area contributed by atoms with Gasteiger partial charge in [-0.15, -0.1) is 0 Å². The Hall–Kier alpha value is -1.53. The molecule has 0 aliphatic rings. The Bertz CT molecular complexity index is 572. The van der Waals surface area contributed by atoms with E-state index < -0.39 is 0 Å². The molecule has 6 nitrogen and oxygen atoms in total. The van der Waals surface area contributed by atoms with Crippen molar-refractivity contribution in [2.75, 3.05) is 24.2 Å². The molecule has 2 aromatic rings. The Morgan fingerprint density at radius 2 is 1.95 bits per heavy atom. The zero-order valence-corrected chi connectivity index (χ0v) is 12.0. The van der Waals surface area contributed by atoms with Gasteiger partial charge in [-0.1, -0.05) is 28.4 Å². The van der Waals surface area contributed by atoms with Crippen LogP contribution in [0, 0.1) is 6.92 Å². The molecule has 0 unspecified atom stereocenters. The number of anilines is 2. The van der Waals surface area contributed by atoms with Gasteiger partial charge in [-0.05, 0) is 13.0 Å². The molecule has 0 bridgehead atoms. The van der Waals surface area contributed by atoms with Crippen molar-refractivity contribution >= 4 is 34.8 Å². The minimum atomic E-state index is 0.464. The van der Waals surface area contributed by atoms with Crippen LogP contribution >= 0.6 is 23.2 Å². The molecule has 102 valence electrons. The summed E-state index contributed by atoms with van der Waals surface area (Å²) in [4.78, 5) is 8.38. The third-order valence-electron chi connectivity index (χ3n) is 2.37. The van der Waals surface area contributed by atoms with Crippen molar-refractivity contribution in [1.82, 2.24) is 15.1 Å². The standard InChI is InChI=1S/C11H13Cl2N5O/c1-6-16-9(19-18-6)3-4-15-11-8(13)5-7(12)10(14-2)17-11/h5H,3-4H2,1-2H3,(H2,14,15,17). The van der Waals surface area contributed by atoms with Crippen LogP contribution in [0.3, 0.4) is 0 Å². The molecule has 0 aliphatic heterocycles. The number of aromatic nitrogens is 3. The SMILES string of the molecule is CNc1nc(NCCc2nc(C)no2)c(Cl)cc1Cl. The summed E-state index contributed by atoms with van der Waals surface area (Å²) in [7, 11) is 1.74. The van der Waals surface area contributed by atoms with Gasteiger partial charge < -0.3 is 15.2 Å². The molecule has 2 N–H and O–H groups in total. The number of rotatable bonds is 5. The predicted octanol–water partition coefficient (Wildman–Crippen LogP) is 2.78. The van der Waals surface area contributed by atoms with Gasteiger partial charge in [-0.3, -0.25) is 0 Å². The zero-order chi connectivity index (χ0) is 13.8. The topological polar surface area (TPSA) is 75.9 Å². The highest BCUT2D eigenvalue weighted by Gasteiger charge is 2.09. The summed E-state index contributed by atoms with van der Waals surface area (Å²) in [5, 5.41) is 10.7. The van der Waals surface area contributed by atoms with E-state index in [0.717, 1.165) is 0 Å². The molecule has 2 rings (SSSR count). The predicted molar refractivity (Wildman–Crippen MR) is 75.0 cm³/mol. The highest BCUT2D eigenvalue weighted by molar-refractivity contribution is 6.37. The number of halogens is 2. The summed E-state index contributed by atoms with van der Waals surface area (Å²) in [6, 6.07) is 1.64. The normalized spacial score (nSPS) is 10.5. The van der Waals surface area contributed by atoms with Gasteiger partial charge in [0.2, 0.25) is 5.89 Å². The molecule has 8 heteroatoms. The van der Waals surface area contributed by atoms with Gasteiger partial charge in [0.05, 0.1) is 10.0 Å². The smallest absolute Gasteiger partial charge is 0.228 e. The molecule has 0 aromatic carbocycles. The van der Waals surface area contributed by atoms with Crippen LogP contribution in [0.1, 0.15) is 11.7 Å². The Morgan fingerprint density at radius 3 is 2.58 bits per heavy atom. The van der Waals surface area contributed by atoms with E-state index >= 15 is 0 Å². The number of aryl methyl sites for hydroxylation is 1. The zero-order valence-electron chi connectivity index (χ0n) is 10.5. The van der Waals surface area contributed by atoms with E-state index in [0.29, 0.717) is 46.4 Å². The molecule has 0 saturated heterocycles. The first kappa shape index (κ1) is 13.9. The number of hydrogen-bond donors (Lipinski definition) is 2. The molecule has 0 radical (unpaired) electrons. The molecule has 0 fully saturated rings. The molecule has 0 spiro atoms. The highest BCUT2D eigenvalue weighted by atomic mass is 35.5. The summed E-state index contributed by atoms with van der Waals surface area (Å²) < 4.78 is 5.01. The quantitative estimate of drug-likeness (QED) is 0.884. The van der Waals surface area contributed by atoms with Crippen molar-refractivity contribution in [3.63, 3.8) is 0 Å². The maximum absolute atomic E-state index is 6.06. The van der Waals surface area contributed by atoms with Crippen LogP contribution in [-0.4, -0.2) is 28.7 Å². The number of nitrogens with zero attached hydrogens (tertiary/aromatic N) is 3. The summed E-state index contributed by atoms with van der Waals surface area (Å²) in [5.74, 6) is 2.33. The van der Waals surface area contributed by atoms with Gasteiger partial charge in [0.15, 0.2) is 5.82 Å². The fourth-order valence-electron chi connectivity index (χ4n) is 1.50. The Balaban J connectivity index is 1.99. The summed E-state index contributed by atoms with van der Waals surface area (Å²) >= 11 is 12.0. The van der Waals surface area contributed by atoms with Crippen molar-refractivity contribution in [2.24, 2.45) is 0 Å². The van der Waals surface area contributed by atoms with Gasteiger partial charge in [-0.2, -0.15) is 4.98 Å². The summed E-state index contributed by atoms with van der Waals surface area (Å²) in [6.07, 6.45) is 0.594. The van der Waals surface area contributed by atoms with E-state index in [9.17, 15) is 0 Å². The lowest BCUT2D eigenvalue weighted by molar-refractivity contribution is 0.377. The third-order valence-corrected chi connectivity index (χ3v) is 2.94. The molecule has 0 amide bonds. The van der Waals surface area contributed by atoms with Crippen molar-refractivity contribution in [3.05, 3.63) is 27.8 Å². The third kappa shape index (κ3) is 3.48. The van der Waals surface area contributed by atoms with Crippen LogP contribution in [0.4, 0.5) is 11.6 Å². The summed E-state index contributed by atoms with van der Waals surface area (Å²) in [5.41, 5.74) is 0. The second kappa shape index (κ2) is 6.08. The van der Waals surface area contributed by atoms with Crippen molar-refractivity contribution in [1.29, 1.82) is 0 Å². The molecular formula is C11H13Cl2N5O. The molecular weight excluding hydrogens is 289 g/mol. The Morgan fingerprint density at radius 1 is 1.21 bits per heavy atom. The van der Waals surface area contributed by atoms with E-state index in [-0.39, 0.29) is 0 Å². The van der Waals surface area contributed by atoms with Gasteiger partial charge in [0.1, 0.15) is 11.6 Å². The second-order valence-electron chi connectivity index (χ2n) is 3.81. The second-order valence-corrected chi connectivity index (χ2v) is 4.63. The van der Waals surface area contributed by atoms with Crippen molar-refractivity contribution < 1.29 is 4.52 Å². The first-order chi connectivity index (χ1) is 9.10. The van der Waals surface area contributed by atoms with Gasteiger partial charge in [0, 0.05) is 20.0 Å². The van der Waals surface area contributed by atoms with Gasteiger partial charge in [-0.25, -0.2) is 4.98 Å². The molecule has 2 aromatic heterocycles. The first-order valence-electron chi connectivity index (χ1n) is 5.67. The molecule has 0 aliphatic carbocycles. The number of pyridine rings is 1. The van der Waals surface area contributed by atoms with Crippen LogP contribution in [0.5, 0.6) is 0 Å².